The number of amides is 1. The number of nitrogens with one attached hydrogen (secondary N) is 2. The van der Waals surface area contributed by atoms with Gasteiger partial charge in [-0.05, 0) is 30.3 Å². The van der Waals surface area contributed by atoms with E-state index in [1.54, 1.807) is 17.0 Å². The molecule has 1 unspecified atom stereocenters. The van der Waals surface area contributed by atoms with E-state index in [-0.39, 0.29) is 0 Å². The summed E-state index contributed by atoms with van der Waals surface area (Å²) in [4.78, 5) is 14.5. The lowest BCUT2D eigenvalue weighted by Gasteiger charge is -2.37. The molecule has 1 heterocycles. The normalized spacial score (nSPS) is 17.9. The van der Waals surface area contributed by atoms with Gasteiger partial charge in [-0.3, -0.25) is 4.79 Å². The van der Waals surface area contributed by atoms with E-state index in [1.165, 1.54) is 0 Å². The van der Waals surface area contributed by atoms with Crippen LogP contribution in [0.15, 0.2) is 84.9 Å². The highest BCUT2D eigenvalue weighted by Crippen LogP contribution is 2.40. The summed E-state index contributed by atoms with van der Waals surface area (Å²) in [5.41, 5.74) is 1.23. The number of para-hydroxylation sites is 3. The molecule has 1 atom stereocenters. The molecule has 1 amide bonds. The first-order chi connectivity index (χ1) is 13.2. The second-order valence-electron chi connectivity index (χ2n) is 6.45. The van der Waals surface area contributed by atoms with Gasteiger partial charge in [0.05, 0.1) is 0 Å². The molecule has 5 nitrogen and oxygen atoms in total. The van der Waals surface area contributed by atoms with Gasteiger partial charge in [-0.15, -0.1) is 0 Å². The molecule has 0 saturated carbocycles. The molecule has 0 bridgehead atoms. The Labute approximate surface area is 158 Å². The highest BCUT2D eigenvalue weighted by Gasteiger charge is 2.50. The number of hydrogen-bond acceptors (Lipinski definition) is 4. The van der Waals surface area contributed by atoms with Crippen LogP contribution in [0.3, 0.4) is 0 Å². The average molecular weight is 359 g/mol. The largest absolute Gasteiger partial charge is 0.383 e. The van der Waals surface area contributed by atoms with E-state index >= 15 is 0 Å². The molecule has 1 aliphatic heterocycles. The van der Waals surface area contributed by atoms with Crippen molar-refractivity contribution in [2.24, 2.45) is 0 Å². The van der Waals surface area contributed by atoms with Gasteiger partial charge in [0.25, 0.3) is 5.91 Å². The number of carbonyl (C=O) groups is 1. The van der Waals surface area contributed by atoms with Gasteiger partial charge in [-0.1, -0.05) is 54.6 Å². The summed E-state index contributed by atoms with van der Waals surface area (Å²) >= 11 is 0. The molecule has 1 aliphatic rings. The molecule has 0 aromatic heterocycles. The number of fused-ring (bicyclic) bond motifs is 1. The zero-order valence-corrected chi connectivity index (χ0v) is 14.8. The lowest BCUT2D eigenvalue weighted by atomic mass is 10.0. The highest BCUT2D eigenvalue weighted by molar-refractivity contribution is 6.06. The predicted molar refractivity (Wildman–Crippen MR) is 108 cm³/mol. The quantitative estimate of drug-likeness (QED) is 0.590. The standard InChI is InChI=1S/C22H21N3O2/c26-21-22(27,19-13-7-8-14-20(19)24-21)25(18-11-5-2-6-12-18)16-15-23-17-9-3-1-4-10-17/h1-14,23,27H,15-16H2,(H,24,26). The fourth-order valence-electron chi connectivity index (χ4n) is 3.45. The molecule has 4 rings (SSSR count). The van der Waals surface area contributed by atoms with Crippen LogP contribution < -0.4 is 15.5 Å². The lowest BCUT2D eigenvalue weighted by Crippen LogP contribution is -2.53. The highest BCUT2D eigenvalue weighted by atomic mass is 16.3. The molecule has 0 fully saturated rings. The maximum atomic E-state index is 12.8. The Balaban J connectivity index is 1.65. The summed E-state index contributed by atoms with van der Waals surface area (Å²) in [5.74, 6) is -0.438. The Kier molecular flexibility index (Phi) is 4.52. The molecule has 3 N–H and O–H groups in total. The van der Waals surface area contributed by atoms with Crippen LogP contribution in [0.1, 0.15) is 5.56 Å². The van der Waals surface area contributed by atoms with Crippen molar-refractivity contribution in [3.8, 4) is 0 Å². The maximum absolute atomic E-state index is 12.8. The average Bonchev–Trinajstić information content (AvgIpc) is 2.98. The van der Waals surface area contributed by atoms with Crippen molar-refractivity contribution < 1.29 is 9.90 Å². The fraction of sp³-hybridized carbons (Fsp3) is 0.136. The van der Waals surface area contributed by atoms with E-state index in [4.69, 9.17) is 0 Å². The number of carbonyl (C=O) groups excluding carboxylic acids is 1. The topological polar surface area (TPSA) is 64.6 Å². The SMILES string of the molecule is O=C1Nc2ccccc2C1(O)N(CCNc1ccccc1)c1ccccc1. The Bertz CT molecular complexity index is 931. The van der Waals surface area contributed by atoms with Crippen LogP contribution in [-0.4, -0.2) is 24.1 Å². The van der Waals surface area contributed by atoms with E-state index in [0.717, 1.165) is 11.4 Å². The summed E-state index contributed by atoms with van der Waals surface area (Å²) in [6.45, 7) is 1.01. The minimum atomic E-state index is -1.75. The zero-order chi connectivity index (χ0) is 18.7. The summed E-state index contributed by atoms with van der Waals surface area (Å²) in [7, 11) is 0. The maximum Gasteiger partial charge on any atom is 0.282 e. The lowest BCUT2D eigenvalue weighted by molar-refractivity contribution is -0.133. The second kappa shape index (κ2) is 7.13. The van der Waals surface area contributed by atoms with Crippen LogP contribution in [0.5, 0.6) is 0 Å². The van der Waals surface area contributed by atoms with Gasteiger partial charge in [0.2, 0.25) is 5.72 Å². The van der Waals surface area contributed by atoms with Crippen molar-refractivity contribution in [1.29, 1.82) is 0 Å². The van der Waals surface area contributed by atoms with Gasteiger partial charge in [-0.2, -0.15) is 0 Å². The molecule has 27 heavy (non-hydrogen) atoms. The fourth-order valence-corrected chi connectivity index (χ4v) is 3.45. The van der Waals surface area contributed by atoms with Crippen molar-refractivity contribution in [2.75, 3.05) is 28.6 Å². The number of benzene rings is 3. The van der Waals surface area contributed by atoms with Crippen LogP contribution in [0.4, 0.5) is 17.1 Å². The first-order valence-electron chi connectivity index (χ1n) is 8.94. The summed E-state index contributed by atoms with van der Waals surface area (Å²) < 4.78 is 0. The van der Waals surface area contributed by atoms with Crippen LogP contribution in [0.2, 0.25) is 0 Å². The predicted octanol–water partition coefficient (Wildman–Crippen LogP) is 3.40. The van der Waals surface area contributed by atoms with Gasteiger partial charge in [0.1, 0.15) is 0 Å². The summed E-state index contributed by atoms with van der Waals surface area (Å²) in [5, 5.41) is 17.6. The first kappa shape index (κ1) is 17.1. The number of anilines is 3. The molecule has 0 saturated heterocycles. The van der Waals surface area contributed by atoms with Crippen LogP contribution in [0, 0.1) is 0 Å². The van der Waals surface area contributed by atoms with E-state index in [2.05, 4.69) is 10.6 Å². The molecular formula is C22H21N3O2. The molecule has 0 aliphatic carbocycles. The molecular weight excluding hydrogens is 338 g/mol. The van der Waals surface area contributed by atoms with Gasteiger partial charge in [0, 0.05) is 35.7 Å². The molecule has 3 aromatic rings. The molecule has 0 spiro atoms. The van der Waals surface area contributed by atoms with Crippen LogP contribution in [-0.2, 0) is 10.5 Å². The minimum absolute atomic E-state index is 0.438. The third kappa shape index (κ3) is 3.13. The summed E-state index contributed by atoms with van der Waals surface area (Å²) in [6.07, 6.45) is 0. The second-order valence-corrected chi connectivity index (χ2v) is 6.45. The van der Waals surface area contributed by atoms with Gasteiger partial charge in [-0.25, -0.2) is 0 Å². The molecule has 3 aromatic carbocycles. The third-order valence-electron chi connectivity index (χ3n) is 4.76. The van der Waals surface area contributed by atoms with Crippen molar-refractivity contribution in [2.45, 2.75) is 5.72 Å². The van der Waals surface area contributed by atoms with Crippen molar-refractivity contribution >= 4 is 23.0 Å². The molecule has 136 valence electrons. The smallest absolute Gasteiger partial charge is 0.282 e. The van der Waals surface area contributed by atoms with E-state index in [0.29, 0.717) is 24.3 Å². The number of hydrogen-bond donors (Lipinski definition) is 3. The number of aliphatic hydroxyl groups is 1. The van der Waals surface area contributed by atoms with E-state index < -0.39 is 11.6 Å². The van der Waals surface area contributed by atoms with Crippen molar-refractivity contribution in [3.63, 3.8) is 0 Å². The van der Waals surface area contributed by atoms with Gasteiger partial charge in [0.15, 0.2) is 0 Å². The van der Waals surface area contributed by atoms with Crippen molar-refractivity contribution in [3.05, 3.63) is 90.5 Å². The van der Waals surface area contributed by atoms with E-state index in [1.807, 2.05) is 72.8 Å². The van der Waals surface area contributed by atoms with Crippen LogP contribution >= 0.6 is 0 Å². The Morgan fingerprint density at radius 2 is 1.52 bits per heavy atom. The van der Waals surface area contributed by atoms with Crippen molar-refractivity contribution in [1.82, 2.24) is 0 Å². The molecule has 5 heteroatoms. The Hall–Kier alpha value is -3.31. The summed E-state index contributed by atoms with van der Waals surface area (Å²) in [6, 6.07) is 26.6. The van der Waals surface area contributed by atoms with Gasteiger partial charge < -0.3 is 20.6 Å². The first-order valence-corrected chi connectivity index (χ1v) is 8.94. The Morgan fingerprint density at radius 3 is 2.26 bits per heavy atom. The number of rotatable bonds is 6. The van der Waals surface area contributed by atoms with E-state index in [9.17, 15) is 9.90 Å². The van der Waals surface area contributed by atoms with Crippen LogP contribution in [0.25, 0.3) is 0 Å². The van der Waals surface area contributed by atoms with Gasteiger partial charge >= 0.3 is 0 Å². The third-order valence-corrected chi connectivity index (χ3v) is 4.76. The minimum Gasteiger partial charge on any atom is -0.383 e. The Morgan fingerprint density at radius 1 is 0.889 bits per heavy atom. The zero-order valence-electron chi connectivity index (χ0n) is 14.8. The number of nitrogens with zero attached hydrogens (tertiary/aromatic N) is 1. The molecule has 0 radical (unpaired) electrons. The monoisotopic (exact) mass is 359 g/mol.